The average Bonchev–Trinajstić information content (AvgIpc) is 2.52. The van der Waals surface area contributed by atoms with Gasteiger partial charge in [-0.3, -0.25) is 0 Å². The lowest BCUT2D eigenvalue weighted by molar-refractivity contribution is 0.0540. The molecule has 0 aromatic heterocycles. The molecule has 3 nitrogen and oxygen atoms in total. The summed E-state index contributed by atoms with van der Waals surface area (Å²) >= 11 is 0. The monoisotopic (exact) mass is 296 g/mol. The Morgan fingerprint density at radius 3 is 2.82 bits per heavy atom. The van der Waals surface area contributed by atoms with Crippen molar-refractivity contribution in [3.8, 4) is 17.2 Å². The van der Waals surface area contributed by atoms with E-state index < -0.39 is 0 Å². The van der Waals surface area contributed by atoms with E-state index >= 15 is 0 Å². The molecular formula is C19H20O3. The highest BCUT2D eigenvalue weighted by atomic mass is 16.5. The number of fused-ring (bicyclic) bond motifs is 4. The van der Waals surface area contributed by atoms with Crippen LogP contribution in [0.15, 0.2) is 42.5 Å². The van der Waals surface area contributed by atoms with E-state index in [1.54, 1.807) is 0 Å². The molecule has 2 aliphatic heterocycles. The molecule has 0 radical (unpaired) electrons. The number of hydrogen-bond acceptors (Lipinski definition) is 3. The third-order valence-corrected chi connectivity index (χ3v) is 4.25. The van der Waals surface area contributed by atoms with Crippen LogP contribution in [-0.4, -0.2) is 12.7 Å². The molecule has 0 saturated carbocycles. The van der Waals surface area contributed by atoms with E-state index in [4.69, 9.17) is 14.2 Å². The molecule has 114 valence electrons. The molecule has 2 aromatic carbocycles. The van der Waals surface area contributed by atoms with Crippen LogP contribution in [0.1, 0.15) is 31.1 Å². The van der Waals surface area contributed by atoms with Crippen LogP contribution in [0.2, 0.25) is 0 Å². The summed E-state index contributed by atoms with van der Waals surface area (Å²) in [4.78, 5) is 0. The molecule has 2 atom stereocenters. The fraction of sp³-hybridized carbons (Fsp3) is 0.368. The van der Waals surface area contributed by atoms with Crippen LogP contribution in [0.3, 0.4) is 0 Å². The molecule has 4 rings (SSSR count). The van der Waals surface area contributed by atoms with Gasteiger partial charge in [0, 0.05) is 17.5 Å². The summed E-state index contributed by atoms with van der Waals surface area (Å²) in [6, 6.07) is 14.4. The van der Waals surface area contributed by atoms with Crippen molar-refractivity contribution in [3.05, 3.63) is 53.6 Å². The zero-order valence-electron chi connectivity index (χ0n) is 12.9. The van der Waals surface area contributed by atoms with Gasteiger partial charge in [-0.1, -0.05) is 18.2 Å². The van der Waals surface area contributed by atoms with Gasteiger partial charge in [0.05, 0.1) is 12.7 Å². The number of benzene rings is 2. The molecule has 0 amide bonds. The Hall–Kier alpha value is -2.16. The Bertz CT molecular complexity index is 693. The second kappa shape index (κ2) is 5.24. The van der Waals surface area contributed by atoms with Crippen molar-refractivity contribution in [2.45, 2.75) is 32.5 Å². The lowest BCUT2D eigenvalue weighted by Crippen LogP contribution is -2.34. The van der Waals surface area contributed by atoms with E-state index in [1.165, 1.54) is 5.56 Å². The van der Waals surface area contributed by atoms with Crippen molar-refractivity contribution in [2.24, 2.45) is 5.92 Å². The molecule has 2 aromatic rings. The fourth-order valence-corrected chi connectivity index (χ4v) is 3.29. The molecule has 3 heteroatoms. The number of hydrogen-bond donors (Lipinski definition) is 0. The Morgan fingerprint density at radius 2 is 1.95 bits per heavy atom. The summed E-state index contributed by atoms with van der Waals surface area (Å²) in [6.07, 6.45) is 1.24. The third-order valence-electron chi connectivity index (χ3n) is 4.25. The third kappa shape index (κ3) is 2.31. The van der Waals surface area contributed by atoms with Crippen molar-refractivity contribution in [3.63, 3.8) is 0 Å². The van der Waals surface area contributed by atoms with Gasteiger partial charge in [-0.25, -0.2) is 0 Å². The Balaban J connectivity index is 1.67. The largest absolute Gasteiger partial charge is 0.493 e. The molecule has 0 spiro atoms. The van der Waals surface area contributed by atoms with Crippen molar-refractivity contribution in [1.29, 1.82) is 0 Å². The van der Waals surface area contributed by atoms with E-state index in [0.717, 1.165) is 29.2 Å². The lowest BCUT2D eigenvalue weighted by Gasteiger charge is -2.38. The summed E-state index contributed by atoms with van der Waals surface area (Å²) in [6.45, 7) is 4.74. The van der Waals surface area contributed by atoms with Gasteiger partial charge >= 0.3 is 0 Å². The van der Waals surface area contributed by atoms with Crippen LogP contribution < -0.4 is 14.2 Å². The van der Waals surface area contributed by atoms with Gasteiger partial charge in [0.15, 0.2) is 0 Å². The minimum atomic E-state index is 0.0757. The number of ether oxygens (including phenoxy) is 3. The molecule has 0 fully saturated rings. The first-order valence-corrected chi connectivity index (χ1v) is 7.88. The normalized spacial score (nSPS) is 22.0. The van der Waals surface area contributed by atoms with Gasteiger partial charge in [0.2, 0.25) is 0 Å². The predicted molar refractivity (Wildman–Crippen MR) is 84.7 cm³/mol. The minimum absolute atomic E-state index is 0.0757. The smallest absolute Gasteiger partial charge is 0.134 e. The van der Waals surface area contributed by atoms with E-state index in [2.05, 4.69) is 24.3 Å². The Morgan fingerprint density at radius 1 is 1.09 bits per heavy atom. The van der Waals surface area contributed by atoms with Crippen molar-refractivity contribution in [1.82, 2.24) is 0 Å². The molecule has 0 aliphatic carbocycles. The first kappa shape index (κ1) is 13.5. The molecule has 22 heavy (non-hydrogen) atoms. The zero-order chi connectivity index (χ0) is 15.1. The standard InChI is InChI=1S/C19H20O3/c1-12(2)21-15-7-8-16-18(10-15)20-11-14-9-13-5-3-4-6-17(13)22-19(14)16/h3-8,10,12,14,19H,9,11H2,1-2H3. The summed E-state index contributed by atoms with van der Waals surface area (Å²) < 4.78 is 18.0. The van der Waals surface area contributed by atoms with Crippen LogP contribution in [-0.2, 0) is 6.42 Å². The molecule has 0 N–H and O–H groups in total. The van der Waals surface area contributed by atoms with E-state index in [9.17, 15) is 0 Å². The van der Waals surface area contributed by atoms with Gasteiger partial charge in [0.25, 0.3) is 0 Å². The average molecular weight is 296 g/mol. The van der Waals surface area contributed by atoms with Gasteiger partial charge in [-0.15, -0.1) is 0 Å². The highest BCUT2D eigenvalue weighted by Crippen LogP contribution is 2.45. The van der Waals surface area contributed by atoms with E-state index in [1.807, 2.05) is 32.0 Å². The van der Waals surface area contributed by atoms with Gasteiger partial charge in [-0.05, 0) is 44.0 Å². The van der Waals surface area contributed by atoms with Crippen LogP contribution in [0.25, 0.3) is 0 Å². The van der Waals surface area contributed by atoms with Gasteiger partial charge < -0.3 is 14.2 Å². The second-order valence-electron chi connectivity index (χ2n) is 6.29. The van der Waals surface area contributed by atoms with Crippen LogP contribution >= 0.6 is 0 Å². The second-order valence-corrected chi connectivity index (χ2v) is 6.29. The first-order chi connectivity index (χ1) is 10.7. The maximum Gasteiger partial charge on any atom is 0.134 e. The lowest BCUT2D eigenvalue weighted by atomic mass is 9.85. The van der Waals surface area contributed by atoms with E-state index in [-0.39, 0.29) is 12.2 Å². The molecule has 0 saturated heterocycles. The Kier molecular flexibility index (Phi) is 3.21. The number of para-hydroxylation sites is 1. The summed E-state index contributed by atoms with van der Waals surface area (Å²) in [5, 5.41) is 0. The maximum absolute atomic E-state index is 6.26. The highest BCUT2D eigenvalue weighted by Gasteiger charge is 2.36. The highest BCUT2D eigenvalue weighted by molar-refractivity contribution is 5.46. The minimum Gasteiger partial charge on any atom is -0.493 e. The van der Waals surface area contributed by atoms with Crippen molar-refractivity contribution < 1.29 is 14.2 Å². The van der Waals surface area contributed by atoms with Crippen LogP contribution in [0, 0.1) is 5.92 Å². The van der Waals surface area contributed by atoms with Crippen molar-refractivity contribution in [2.75, 3.05) is 6.61 Å². The SMILES string of the molecule is CC(C)Oc1ccc2c(c1)OCC1Cc3ccccc3OC21. The van der Waals surface area contributed by atoms with Crippen LogP contribution in [0.5, 0.6) is 17.2 Å². The van der Waals surface area contributed by atoms with Crippen molar-refractivity contribution >= 4 is 0 Å². The van der Waals surface area contributed by atoms with Gasteiger partial charge in [0.1, 0.15) is 23.4 Å². The number of rotatable bonds is 2. The summed E-state index contributed by atoms with van der Waals surface area (Å²) in [5.74, 6) is 3.11. The predicted octanol–water partition coefficient (Wildman–Crippen LogP) is 4.16. The summed E-state index contributed by atoms with van der Waals surface area (Å²) in [5.41, 5.74) is 2.40. The molecular weight excluding hydrogens is 276 g/mol. The summed E-state index contributed by atoms with van der Waals surface area (Å²) in [7, 11) is 0. The molecule has 2 aliphatic rings. The zero-order valence-corrected chi connectivity index (χ0v) is 12.9. The molecule has 0 bridgehead atoms. The fourth-order valence-electron chi connectivity index (χ4n) is 3.29. The Labute approximate surface area is 130 Å². The first-order valence-electron chi connectivity index (χ1n) is 7.88. The topological polar surface area (TPSA) is 27.7 Å². The molecule has 2 unspecified atom stereocenters. The van der Waals surface area contributed by atoms with Gasteiger partial charge in [-0.2, -0.15) is 0 Å². The maximum atomic E-state index is 6.26. The quantitative estimate of drug-likeness (QED) is 0.833. The van der Waals surface area contributed by atoms with E-state index in [0.29, 0.717) is 12.5 Å². The molecule has 2 heterocycles. The van der Waals surface area contributed by atoms with Crippen LogP contribution in [0.4, 0.5) is 0 Å².